The number of nitrogens with zero attached hydrogens (tertiary/aromatic N) is 1. The Hall–Kier alpha value is -0.240. The first-order valence-corrected chi connectivity index (χ1v) is 10.6. The summed E-state index contributed by atoms with van der Waals surface area (Å²) >= 11 is 13.6. The van der Waals surface area contributed by atoms with Crippen LogP contribution >= 0.6 is 23.2 Å². The first-order chi connectivity index (χ1) is 11.6. The zero-order valence-electron chi connectivity index (χ0n) is 15.8. The SMILES string of the molecule is CCCC[N+](CCCC)(CCCC)CC(Cl)C(Cl)c1ccccc1. The highest BCUT2D eigenvalue weighted by atomic mass is 35.5. The average Bonchev–Trinajstić information content (AvgIpc) is 2.62. The lowest BCUT2D eigenvalue weighted by Crippen LogP contribution is -2.53. The Bertz CT molecular complexity index is 399. The summed E-state index contributed by atoms with van der Waals surface area (Å²) in [5.41, 5.74) is 1.14. The van der Waals surface area contributed by atoms with Crippen molar-refractivity contribution < 1.29 is 4.48 Å². The van der Waals surface area contributed by atoms with Crippen LogP contribution in [0.15, 0.2) is 30.3 Å². The minimum Gasteiger partial charge on any atom is -0.322 e. The van der Waals surface area contributed by atoms with Crippen LogP contribution in [-0.4, -0.2) is 36.0 Å². The molecule has 0 aliphatic heterocycles. The van der Waals surface area contributed by atoms with Gasteiger partial charge in [-0.3, -0.25) is 0 Å². The number of unbranched alkanes of at least 4 members (excludes halogenated alkanes) is 3. The molecule has 2 atom stereocenters. The van der Waals surface area contributed by atoms with Gasteiger partial charge in [-0.15, -0.1) is 23.2 Å². The van der Waals surface area contributed by atoms with Crippen molar-refractivity contribution in [1.29, 1.82) is 0 Å². The molecule has 138 valence electrons. The van der Waals surface area contributed by atoms with Crippen LogP contribution in [0.3, 0.4) is 0 Å². The van der Waals surface area contributed by atoms with Gasteiger partial charge < -0.3 is 4.48 Å². The third-order valence-electron chi connectivity index (χ3n) is 4.96. The Morgan fingerprint density at radius 1 is 0.792 bits per heavy atom. The van der Waals surface area contributed by atoms with Crippen LogP contribution in [0.4, 0.5) is 0 Å². The molecule has 1 nitrogen and oxygen atoms in total. The second-order valence-corrected chi connectivity index (χ2v) is 8.11. The molecular formula is C21H36Cl2N+. The molecular weight excluding hydrogens is 337 g/mol. The summed E-state index contributed by atoms with van der Waals surface area (Å²) in [6.45, 7) is 11.5. The summed E-state index contributed by atoms with van der Waals surface area (Å²) in [7, 11) is 0. The van der Waals surface area contributed by atoms with Crippen LogP contribution in [0.1, 0.15) is 70.2 Å². The number of quaternary nitrogens is 1. The Morgan fingerprint density at radius 3 is 1.67 bits per heavy atom. The molecule has 0 heterocycles. The molecule has 0 saturated heterocycles. The highest BCUT2D eigenvalue weighted by Gasteiger charge is 2.32. The molecule has 0 amide bonds. The van der Waals surface area contributed by atoms with E-state index in [2.05, 4.69) is 32.9 Å². The van der Waals surface area contributed by atoms with Crippen molar-refractivity contribution in [3.63, 3.8) is 0 Å². The predicted molar refractivity (Wildman–Crippen MR) is 109 cm³/mol. The molecule has 0 bridgehead atoms. The van der Waals surface area contributed by atoms with Crippen LogP contribution in [0.5, 0.6) is 0 Å². The number of hydrogen-bond donors (Lipinski definition) is 0. The van der Waals surface area contributed by atoms with Gasteiger partial charge in [0.15, 0.2) is 0 Å². The second kappa shape index (κ2) is 12.2. The third-order valence-corrected chi connectivity index (χ3v) is 6.03. The number of hydrogen-bond acceptors (Lipinski definition) is 0. The van der Waals surface area contributed by atoms with Gasteiger partial charge in [0.2, 0.25) is 0 Å². The van der Waals surface area contributed by atoms with E-state index in [1.165, 1.54) is 58.2 Å². The minimum atomic E-state index is -0.116. The lowest BCUT2D eigenvalue weighted by Gasteiger charge is -2.41. The molecule has 1 aromatic rings. The summed E-state index contributed by atoms with van der Waals surface area (Å²) in [5.74, 6) is 0. The Morgan fingerprint density at radius 2 is 1.25 bits per heavy atom. The summed E-state index contributed by atoms with van der Waals surface area (Å²) < 4.78 is 1.14. The first kappa shape index (κ1) is 21.8. The van der Waals surface area contributed by atoms with Gasteiger partial charge in [-0.25, -0.2) is 0 Å². The molecule has 0 aromatic heterocycles. The molecule has 0 fully saturated rings. The molecule has 0 aliphatic rings. The van der Waals surface area contributed by atoms with Gasteiger partial charge in [0.25, 0.3) is 0 Å². The number of rotatable bonds is 13. The van der Waals surface area contributed by atoms with E-state index >= 15 is 0 Å². The molecule has 1 rings (SSSR count). The van der Waals surface area contributed by atoms with Crippen molar-refractivity contribution >= 4 is 23.2 Å². The second-order valence-electron chi connectivity index (χ2n) is 7.08. The first-order valence-electron chi connectivity index (χ1n) is 9.76. The Balaban J connectivity index is 2.86. The Labute approximate surface area is 159 Å². The number of alkyl halides is 2. The largest absolute Gasteiger partial charge is 0.322 e. The topological polar surface area (TPSA) is 0 Å². The van der Waals surface area contributed by atoms with E-state index in [-0.39, 0.29) is 10.8 Å². The van der Waals surface area contributed by atoms with Gasteiger partial charge >= 0.3 is 0 Å². The molecule has 24 heavy (non-hydrogen) atoms. The molecule has 2 unspecified atom stereocenters. The van der Waals surface area contributed by atoms with Gasteiger partial charge in [-0.2, -0.15) is 0 Å². The molecule has 0 spiro atoms. The van der Waals surface area contributed by atoms with Crippen LogP contribution in [0.2, 0.25) is 0 Å². The van der Waals surface area contributed by atoms with E-state index < -0.39 is 0 Å². The van der Waals surface area contributed by atoms with Crippen molar-refractivity contribution in [2.24, 2.45) is 0 Å². The van der Waals surface area contributed by atoms with E-state index in [9.17, 15) is 0 Å². The molecule has 0 saturated carbocycles. The predicted octanol–water partition coefficient (Wildman–Crippen LogP) is 6.79. The van der Waals surface area contributed by atoms with E-state index in [1.54, 1.807) is 0 Å². The molecule has 1 aromatic carbocycles. The minimum absolute atomic E-state index is 0.0281. The smallest absolute Gasteiger partial charge is 0.103 e. The van der Waals surface area contributed by atoms with Crippen molar-refractivity contribution in [3.05, 3.63) is 35.9 Å². The molecule has 3 heteroatoms. The van der Waals surface area contributed by atoms with Gasteiger partial charge in [0, 0.05) is 0 Å². The van der Waals surface area contributed by atoms with Crippen LogP contribution in [0, 0.1) is 0 Å². The molecule has 0 N–H and O–H groups in total. The summed E-state index contributed by atoms with van der Waals surface area (Å²) in [4.78, 5) is 0. The zero-order chi connectivity index (χ0) is 17.8. The van der Waals surface area contributed by atoms with Gasteiger partial charge in [-0.1, -0.05) is 70.4 Å². The monoisotopic (exact) mass is 372 g/mol. The average molecular weight is 373 g/mol. The van der Waals surface area contributed by atoms with Crippen LogP contribution in [0.25, 0.3) is 0 Å². The lowest BCUT2D eigenvalue weighted by atomic mass is 10.1. The molecule has 0 radical (unpaired) electrons. The third kappa shape index (κ3) is 7.33. The van der Waals surface area contributed by atoms with Crippen molar-refractivity contribution in [3.8, 4) is 0 Å². The van der Waals surface area contributed by atoms with Crippen molar-refractivity contribution in [2.45, 2.75) is 70.1 Å². The van der Waals surface area contributed by atoms with E-state index in [4.69, 9.17) is 23.2 Å². The summed E-state index contributed by atoms with van der Waals surface area (Å²) in [6.07, 6.45) is 7.55. The maximum absolute atomic E-state index is 6.84. The normalized spacial score (nSPS) is 14.5. The van der Waals surface area contributed by atoms with Crippen molar-refractivity contribution in [2.75, 3.05) is 26.2 Å². The van der Waals surface area contributed by atoms with E-state index in [0.29, 0.717) is 0 Å². The Kier molecular flexibility index (Phi) is 11.1. The fraction of sp³-hybridized carbons (Fsp3) is 0.714. The highest BCUT2D eigenvalue weighted by molar-refractivity contribution is 6.30. The fourth-order valence-corrected chi connectivity index (χ4v) is 4.06. The lowest BCUT2D eigenvalue weighted by molar-refractivity contribution is -0.928. The maximum Gasteiger partial charge on any atom is 0.103 e. The van der Waals surface area contributed by atoms with Gasteiger partial charge in [-0.05, 0) is 24.8 Å². The van der Waals surface area contributed by atoms with Gasteiger partial charge in [0.05, 0.1) is 31.6 Å². The quantitative estimate of drug-likeness (QED) is 0.264. The summed E-state index contributed by atoms with van der Waals surface area (Å²) in [6, 6.07) is 10.3. The van der Waals surface area contributed by atoms with E-state index in [1.807, 2.05) is 18.2 Å². The standard InChI is InChI=1S/C21H36Cl2N/c1-4-7-15-24(16-8-5-2,17-9-6-3)18-20(22)21(23)19-13-11-10-12-14-19/h10-14,20-21H,4-9,15-18H2,1-3H3/q+1. The van der Waals surface area contributed by atoms with Crippen molar-refractivity contribution in [1.82, 2.24) is 0 Å². The summed E-state index contributed by atoms with van der Waals surface area (Å²) in [5, 5.41) is -0.144. The number of benzene rings is 1. The number of halogens is 2. The van der Waals surface area contributed by atoms with Gasteiger partial charge in [0.1, 0.15) is 5.38 Å². The molecule has 0 aliphatic carbocycles. The fourth-order valence-electron chi connectivity index (χ4n) is 3.40. The van der Waals surface area contributed by atoms with Crippen LogP contribution < -0.4 is 0 Å². The van der Waals surface area contributed by atoms with Crippen LogP contribution in [-0.2, 0) is 0 Å². The highest BCUT2D eigenvalue weighted by Crippen LogP contribution is 2.31. The zero-order valence-corrected chi connectivity index (χ0v) is 17.3. The van der Waals surface area contributed by atoms with E-state index in [0.717, 1.165) is 16.6 Å². The maximum atomic E-state index is 6.84.